The van der Waals surface area contributed by atoms with Gasteiger partial charge in [0.1, 0.15) is 23.1 Å². The van der Waals surface area contributed by atoms with Crippen molar-refractivity contribution in [1.82, 2.24) is 14.9 Å². The Morgan fingerprint density at radius 3 is 2.21 bits per heavy atom. The van der Waals surface area contributed by atoms with E-state index in [2.05, 4.69) is 31.9 Å². The molecule has 2 fully saturated rings. The number of aromatic nitrogens is 2. The number of benzene rings is 1. The molecule has 0 N–H and O–H groups in total. The first-order valence-electron chi connectivity index (χ1n) is 10.4. The number of nitrogens with zero attached hydrogens (tertiary/aromatic N) is 5. The molecule has 0 saturated carbocycles. The number of methoxy groups -OCH3 is 1. The minimum Gasteiger partial charge on any atom is -0.497 e. The number of carbonyl (C=O) groups excluding carboxylic acids is 1. The standard InChI is InChI=1S/C22H29N5O2/c1-17-23-20(22(28)27-10-4-3-5-11-27)16-21(24-17)26-14-12-25(13-15-26)18-6-8-19(29-2)9-7-18/h6-9,16H,3-5,10-15H2,1-2H3. The van der Waals surface area contributed by atoms with E-state index < -0.39 is 0 Å². The minimum absolute atomic E-state index is 0.0355. The molecule has 4 rings (SSSR count). The van der Waals surface area contributed by atoms with E-state index in [0.717, 1.165) is 63.7 Å². The third-order valence-corrected chi connectivity index (χ3v) is 5.73. The molecule has 29 heavy (non-hydrogen) atoms. The Kier molecular flexibility index (Phi) is 5.83. The lowest BCUT2D eigenvalue weighted by atomic mass is 10.1. The van der Waals surface area contributed by atoms with Crippen LogP contribution in [0, 0.1) is 6.92 Å². The van der Waals surface area contributed by atoms with Gasteiger partial charge in [-0.05, 0) is 50.5 Å². The third-order valence-electron chi connectivity index (χ3n) is 5.73. The lowest BCUT2D eigenvalue weighted by Gasteiger charge is -2.37. The molecule has 2 aliphatic rings. The molecule has 1 aromatic heterocycles. The number of piperidine rings is 1. The smallest absolute Gasteiger partial charge is 0.272 e. The quantitative estimate of drug-likeness (QED) is 0.793. The number of aryl methyl sites for hydroxylation is 1. The summed E-state index contributed by atoms with van der Waals surface area (Å²) in [4.78, 5) is 28.5. The van der Waals surface area contributed by atoms with Crippen LogP contribution in [0.4, 0.5) is 11.5 Å². The van der Waals surface area contributed by atoms with Crippen molar-refractivity contribution in [3.63, 3.8) is 0 Å². The number of carbonyl (C=O) groups is 1. The Morgan fingerprint density at radius 2 is 1.55 bits per heavy atom. The van der Waals surface area contributed by atoms with Crippen LogP contribution in [0.1, 0.15) is 35.6 Å². The van der Waals surface area contributed by atoms with Crippen molar-refractivity contribution in [2.24, 2.45) is 0 Å². The summed E-state index contributed by atoms with van der Waals surface area (Å²) in [6, 6.07) is 10.0. The lowest BCUT2D eigenvalue weighted by Crippen LogP contribution is -2.47. The number of rotatable bonds is 4. The minimum atomic E-state index is 0.0355. The summed E-state index contributed by atoms with van der Waals surface area (Å²) >= 11 is 0. The van der Waals surface area contributed by atoms with Gasteiger partial charge in [0.05, 0.1) is 7.11 Å². The first-order chi connectivity index (χ1) is 14.1. The maximum atomic E-state index is 12.9. The molecule has 0 unspecified atom stereocenters. The molecule has 0 radical (unpaired) electrons. The van der Waals surface area contributed by atoms with E-state index >= 15 is 0 Å². The summed E-state index contributed by atoms with van der Waals surface area (Å²) in [5.41, 5.74) is 1.72. The van der Waals surface area contributed by atoms with Gasteiger partial charge >= 0.3 is 0 Å². The highest BCUT2D eigenvalue weighted by Gasteiger charge is 2.23. The molecular weight excluding hydrogens is 366 g/mol. The van der Waals surface area contributed by atoms with Gasteiger partial charge in [0.15, 0.2) is 0 Å². The zero-order valence-electron chi connectivity index (χ0n) is 17.3. The van der Waals surface area contributed by atoms with E-state index in [0.29, 0.717) is 11.5 Å². The van der Waals surface area contributed by atoms with E-state index in [4.69, 9.17) is 4.74 Å². The number of likely N-dealkylation sites (tertiary alicyclic amines) is 1. The fourth-order valence-electron chi connectivity index (χ4n) is 4.07. The fraction of sp³-hybridized carbons (Fsp3) is 0.500. The summed E-state index contributed by atoms with van der Waals surface area (Å²) in [7, 11) is 1.68. The second-order valence-electron chi connectivity index (χ2n) is 7.68. The first kappa shape index (κ1) is 19.5. The maximum Gasteiger partial charge on any atom is 0.272 e. The topological polar surface area (TPSA) is 61.8 Å². The Morgan fingerprint density at radius 1 is 0.897 bits per heavy atom. The molecular formula is C22H29N5O2. The Labute approximate surface area is 172 Å². The number of anilines is 2. The summed E-state index contributed by atoms with van der Waals surface area (Å²) in [5.74, 6) is 2.41. The molecule has 0 bridgehead atoms. The van der Waals surface area contributed by atoms with Crippen molar-refractivity contribution in [2.75, 3.05) is 56.2 Å². The highest BCUT2D eigenvalue weighted by molar-refractivity contribution is 5.93. The van der Waals surface area contributed by atoms with Crippen molar-refractivity contribution >= 4 is 17.4 Å². The Bertz CT molecular complexity index is 841. The van der Waals surface area contributed by atoms with E-state index in [1.807, 2.05) is 30.0 Å². The summed E-state index contributed by atoms with van der Waals surface area (Å²) in [5, 5.41) is 0. The Balaban J connectivity index is 1.43. The fourth-order valence-corrected chi connectivity index (χ4v) is 4.07. The van der Waals surface area contributed by atoms with Gasteiger partial charge in [-0.1, -0.05) is 0 Å². The molecule has 3 heterocycles. The number of ether oxygens (including phenoxy) is 1. The van der Waals surface area contributed by atoms with E-state index in [1.165, 1.54) is 12.1 Å². The van der Waals surface area contributed by atoms with E-state index in [-0.39, 0.29) is 5.91 Å². The summed E-state index contributed by atoms with van der Waals surface area (Å²) in [6.07, 6.45) is 3.36. The van der Waals surface area contributed by atoms with Crippen LogP contribution >= 0.6 is 0 Å². The van der Waals surface area contributed by atoms with Crippen LogP contribution in [0.3, 0.4) is 0 Å². The number of hydrogen-bond donors (Lipinski definition) is 0. The van der Waals surface area contributed by atoms with Gasteiger partial charge in [-0.3, -0.25) is 4.79 Å². The largest absolute Gasteiger partial charge is 0.497 e. The average molecular weight is 396 g/mol. The summed E-state index contributed by atoms with van der Waals surface area (Å²) < 4.78 is 5.24. The molecule has 2 saturated heterocycles. The van der Waals surface area contributed by atoms with Crippen LogP contribution in [0.5, 0.6) is 5.75 Å². The molecule has 0 atom stereocenters. The highest BCUT2D eigenvalue weighted by Crippen LogP contribution is 2.23. The Hall–Kier alpha value is -2.83. The van der Waals surface area contributed by atoms with Crippen LogP contribution < -0.4 is 14.5 Å². The molecule has 2 aliphatic heterocycles. The molecule has 0 spiro atoms. The van der Waals surface area contributed by atoms with Crippen molar-refractivity contribution in [3.05, 3.63) is 41.9 Å². The van der Waals surface area contributed by atoms with Crippen LogP contribution in [0.25, 0.3) is 0 Å². The van der Waals surface area contributed by atoms with Gasteiger partial charge in [0.25, 0.3) is 5.91 Å². The number of amides is 1. The van der Waals surface area contributed by atoms with Crippen LogP contribution in [-0.4, -0.2) is 67.2 Å². The number of piperazine rings is 1. The molecule has 154 valence electrons. The van der Waals surface area contributed by atoms with Gasteiger partial charge in [-0.15, -0.1) is 0 Å². The highest BCUT2D eigenvalue weighted by atomic mass is 16.5. The average Bonchev–Trinajstić information content (AvgIpc) is 2.79. The monoisotopic (exact) mass is 395 g/mol. The van der Waals surface area contributed by atoms with E-state index in [9.17, 15) is 4.79 Å². The van der Waals surface area contributed by atoms with Crippen molar-refractivity contribution in [1.29, 1.82) is 0 Å². The van der Waals surface area contributed by atoms with Gasteiger partial charge in [0.2, 0.25) is 0 Å². The van der Waals surface area contributed by atoms with Gasteiger partial charge in [-0.25, -0.2) is 9.97 Å². The zero-order chi connectivity index (χ0) is 20.2. The SMILES string of the molecule is COc1ccc(N2CCN(c3cc(C(=O)N4CCCCC4)nc(C)n3)CC2)cc1. The molecule has 2 aromatic rings. The first-order valence-corrected chi connectivity index (χ1v) is 10.4. The molecule has 7 nitrogen and oxygen atoms in total. The van der Waals surface area contributed by atoms with Crippen molar-refractivity contribution in [2.45, 2.75) is 26.2 Å². The lowest BCUT2D eigenvalue weighted by molar-refractivity contribution is 0.0718. The van der Waals surface area contributed by atoms with Crippen LogP contribution in [-0.2, 0) is 0 Å². The van der Waals surface area contributed by atoms with E-state index in [1.54, 1.807) is 7.11 Å². The predicted octanol–water partition coefficient (Wildman–Crippen LogP) is 2.75. The predicted molar refractivity (Wildman–Crippen MR) is 114 cm³/mol. The molecule has 0 aliphatic carbocycles. The maximum absolute atomic E-state index is 12.9. The van der Waals surface area contributed by atoms with Crippen molar-refractivity contribution < 1.29 is 9.53 Å². The molecule has 7 heteroatoms. The van der Waals surface area contributed by atoms with Crippen molar-refractivity contribution in [3.8, 4) is 5.75 Å². The van der Waals surface area contributed by atoms with Gasteiger partial charge in [-0.2, -0.15) is 0 Å². The summed E-state index contributed by atoms with van der Waals surface area (Å²) in [6.45, 7) is 7.06. The third kappa shape index (κ3) is 4.44. The normalized spacial score (nSPS) is 17.4. The zero-order valence-corrected chi connectivity index (χ0v) is 17.3. The number of hydrogen-bond acceptors (Lipinski definition) is 6. The van der Waals surface area contributed by atoms with Gasteiger partial charge < -0.3 is 19.4 Å². The molecule has 1 amide bonds. The van der Waals surface area contributed by atoms with Gasteiger partial charge in [0, 0.05) is 51.0 Å². The van der Waals surface area contributed by atoms with Crippen LogP contribution in [0.15, 0.2) is 30.3 Å². The van der Waals surface area contributed by atoms with Crippen LogP contribution in [0.2, 0.25) is 0 Å². The second-order valence-corrected chi connectivity index (χ2v) is 7.68. The molecule has 1 aromatic carbocycles. The second kappa shape index (κ2) is 8.68.